The SMILES string of the molecule is C=CCCC(CC)C1CCCC(C)C(CC2CCC(C3CCCCCCC(C(C)(CC)C(=C)CC)C4CC4CC3)C2)C(C)CCC1. The van der Waals surface area contributed by atoms with E-state index >= 15 is 0 Å². The molecule has 0 aromatic carbocycles. The molecule has 0 spiro atoms. The van der Waals surface area contributed by atoms with E-state index in [-0.39, 0.29) is 0 Å². The molecule has 0 aromatic rings. The second-order valence-electron chi connectivity index (χ2n) is 18.3. The molecule has 0 N–H and O–H groups in total. The van der Waals surface area contributed by atoms with E-state index in [9.17, 15) is 0 Å². The zero-order valence-electron chi connectivity index (χ0n) is 32.3. The van der Waals surface area contributed by atoms with Crippen molar-refractivity contribution in [1.29, 1.82) is 0 Å². The van der Waals surface area contributed by atoms with Crippen LogP contribution in [0.2, 0.25) is 0 Å². The van der Waals surface area contributed by atoms with Crippen molar-refractivity contribution in [2.24, 2.45) is 70.5 Å². The van der Waals surface area contributed by atoms with Crippen molar-refractivity contribution in [2.45, 2.75) is 196 Å². The molecule has 4 rings (SSSR count). The van der Waals surface area contributed by atoms with Gasteiger partial charge in [0, 0.05) is 0 Å². The summed E-state index contributed by atoms with van der Waals surface area (Å²) in [6.45, 7) is 23.8. The maximum Gasteiger partial charge on any atom is -0.00908 e. The van der Waals surface area contributed by atoms with Crippen molar-refractivity contribution in [3.63, 3.8) is 0 Å². The quantitative estimate of drug-likeness (QED) is 0.187. The minimum Gasteiger partial charge on any atom is -0.103 e. The van der Waals surface area contributed by atoms with Crippen LogP contribution in [0.3, 0.4) is 0 Å². The van der Waals surface area contributed by atoms with Crippen molar-refractivity contribution in [3.05, 3.63) is 24.8 Å². The smallest absolute Gasteiger partial charge is 0.00908 e. The first-order chi connectivity index (χ1) is 22.2. The van der Waals surface area contributed by atoms with E-state index in [0.717, 1.165) is 71.5 Å². The van der Waals surface area contributed by atoms with E-state index in [2.05, 4.69) is 60.8 Å². The summed E-state index contributed by atoms with van der Waals surface area (Å²) in [6.07, 6.45) is 37.2. The molecule has 0 nitrogen and oxygen atoms in total. The number of fused-ring (bicyclic) bond motifs is 1. The van der Waals surface area contributed by atoms with Crippen LogP contribution in [0.1, 0.15) is 196 Å². The Balaban J connectivity index is 1.30. The Labute approximate surface area is 290 Å². The van der Waals surface area contributed by atoms with Crippen LogP contribution < -0.4 is 0 Å². The highest BCUT2D eigenvalue weighted by Crippen LogP contribution is 2.58. The van der Waals surface area contributed by atoms with Gasteiger partial charge in [0.1, 0.15) is 0 Å². The molecule has 10 unspecified atom stereocenters. The van der Waals surface area contributed by atoms with Crippen LogP contribution in [0.5, 0.6) is 0 Å². The predicted octanol–water partition coefficient (Wildman–Crippen LogP) is 15.0. The highest BCUT2D eigenvalue weighted by atomic mass is 14.5. The van der Waals surface area contributed by atoms with Gasteiger partial charge in [-0.1, -0.05) is 143 Å². The Morgan fingerprint density at radius 2 is 1.39 bits per heavy atom. The zero-order chi connectivity index (χ0) is 33.1. The summed E-state index contributed by atoms with van der Waals surface area (Å²) in [5.41, 5.74) is 1.91. The predicted molar refractivity (Wildman–Crippen MR) is 205 cm³/mol. The first kappa shape index (κ1) is 38.3. The van der Waals surface area contributed by atoms with Crippen molar-refractivity contribution in [3.8, 4) is 0 Å². The van der Waals surface area contributed by atoms with Crippen LogP contribution in [0.4, 0.5) is 0 Å². The lowest BCUT2D eigenvalue weighted by atomic mass is 9.65. The lowest BCUT2D eigenvalue weighted by Crippen LogP contribution is -2.31. The summed E-state index contributed by atoms with van der Waals surface area (Å²) in [6, 6.07) is 0. The summed E-state index contributed by atoms with van der Waals surface area (Å²) in [5, 5.41) is 0. The number of hydrogen-bond acceptors (Lipinski definition) is 0. The molecule has 266 valence electrons. The molecule has 4 saturated carbocycles. The summed E-state index contributed by atoms with van der Waals surface area (Å²) in [5.74, 6) is 10.7. The van der Waals surface area contributed by atoms with Gasteiger partial charge in [0.15, 0.2) is 0 Å². The topological polar surface area (TPSA) is 0 Å². The summed E-state index contributed by atoms with van der Waals surface area (Å²) >= 11 is 0. The van der Waals surface area contributed by atoms with Gasteiger partial charge in [0.2, 0.25) is 0 Å². The second-order valence-corrected chi connectivity index (χ2v) is 18.3. The summed E-state index contributed by atoms with van der Waals surface area (Å²) in [4.78, 5) is 0. The molecule has 10 atom stereocenters. The Kier molecular flexibility index (Phi) is 15.8. The van der Waals surface area contributed by atoms with E-state index in [1.54, 1.807) is 44.1 Å². The first-order valence-electron chi connectivity index (χ1n) is 21.5. The summed E-state index contributed by atoms with van der Waals surface area (Å²) < 4.78 is 0. The first-order valence-corrected chi connectivity index (χ1v) is 21.5. The molecule has 0 aliphatic heterocycles. The van der Waals surface area contributed by atoms with Gasteiger partial charge in [-0.15, -0.1) is 6.58 Å². The molecule has 0 amide bonds. The fraction of sp³-hybridized carbons (Fsp3) is 0.913. The number of hydrogen-bond donors (Lipinski definition) is 0. The Hall–Kier alpha value is -0.520. The molecule has 0 radical (unpaired) electrons. The molecular weight excluding hydrogens is 553 g/mol. The maximum absolute atomic E-state index is 4.63. The molecule has 4 aliphatic carbocycles. The monoisotopic (exact) mass is 635 g/mol. The molecule has 0 heteroatoms. The van der Waals surface area contributed by atoms with E-state index in [0.29, 0.717) is 5.41 Å². The van der Waals surface area contributed by atoms with Gasteiger partial charge in [0.25, 0.3) is 0 Å². The molecule has 46 heavy (non-hydrogen) atoms. The average Bonchev–Trinajstić information content (AvgIpc) is 3.66. The third kappa shape index (κ3) is 10.3. The van der Waals surface area contributed by atoms with Crippen LogP contribution in [0.25, 0.3) is 0 Å². The van der Waals surface area contributed by atoms with Gasteiger partial charge in [-0.3, -0.25) is 0 Å². The minimum atomic E-state index is 0.366. The molecular formula is C46H82. The Bertz CT molecular complexity index is 866. The van der Waals surface area contributed by atoms with Crippen molar-refractivity contribution < 1.29 is 0 Å². The Morgan fingerprint density at radius 1 is 0.739 bits per heavy atom. The average molecular weight is 635 g/mol. The van der Waals surface area contributed by atoms with Crippen molar-refractivity contribution in [2.75, 3.05) is 0 Å². The van der Waals surface area contributed by atoms with E-state index in [1.807, 2.05) is 0 Å². The molecule has 0 bridgehead atoms. The number of allylic oxidation sites excluding steroid dienone is 2. The number of rotatable bonds is 12. The van der Waals surface area contributed by atoms with Crippen molar-refractivity contribution >= 4 is 0 Å². The van der Waals surface area contributed by atoms with Crippen LogP contribution in [-0.4, -0.2) is 0 Å². The lowest BCUT2D eigenvalue weighted by molar-refractivity contribution is 0.155. The molecule has 4 fully saturated rings. The minimum absolute atomic E-state index is 0.366. The fourth-order valence-corrected chi connectivity index (χ4v) is 12.2. The van der Waals surface area contributed by atoms with Gasteiger partial charge in [-0.05, 0) is 141 Å². The zero-order valence-corrected chi connectivity index (χ0v) is 32.3. The fourth-order valence-electron chi connectivity index (χ4n) is 12.2. The molecule has 0 aromatic heterocycles. The van der Waals surface area contributed by atoms with Crippen molar-refractivity contribution in [1.82, 2.24) is 0 Å². The maximum atomic E-state index is 4.63. The van der Waals surface area contributed by atoms with Crippen LogP contribution in [0, 0.1) is 70.5 Å². The third-order valence-electron chi connectivity index (χ3n) is 15.7. The highest BCUT2D eigenvalue weighted by molar-refractivity contribution is 5.13. The second kappa shape index (κ2) is 19.0. The standard InChI is InChI=1S/C46H82/c1-9-13-22-38(11-3)39-24-18-20-34(5)43(35(6)21-19-25-39)32-37-27-28-41(31-37)40-23-16-14-15-17-26-45(44-33-42(44)30-29-40)46(8,12-4)36(7)10-2/h9,34-35,37-45H,1,7,10-33H2,2-6,8H3. The van der Waals surface area contributed by atoms with Gasteiger partial charge >= 0.3 is 0 Å². The van der Waals surface area contributed by atoms with Gasteiger partial charge in [-0.2, -0.15) is 0 Å². The normalized spacial score (nSPS) is 38.7. The molecule has 4 aliphatic rings. The highest BCUT2D eigenvalue weighted by Gasteiger charge is 2.49. The molecule has 0 saturated heterocycles. The van der Waals surface area contributed by atoms with Crippen LogP contribution in [0.15, 0.2) is 24.8 Å². The largest absolute Gasteiger partial charge is 0.103 e. The summed E-state index contributed by atoms with van der Waals surface area (Å²) in [7, 11) is 0. The van der Waals surface area contributed by atoms with E-state index in [4.69, 9.17) is 0 Å². The van der Waals surface area contributed by atoms with E-state index in [1.165, 1.54) is 109 Å². The van der Waals surface area contributed by atoms with Crippen LogP contribution in [-0.2, 0) is 0 Å². The van der Waals surface area contributed by atoms with Gasteiger partial charge in [0.05, 0.1) is 0 Å². The Morgan fingerprint density at radius 3 is 2.02 bits per heavy atom. The third-order valence-corrected chi connectivity index (χ3v) is 15.7. The van der Waals surface area contributed by atoms with E-state index < -0.39 is 0 Å². The lowest BCUT2D eigenvalue weighted by Gasteiger charge is -2.40. The molecule has 0 heterocycles. The van der Waals surface area contributed by atoms with Gasteiger partial charge in [-0.25, -0.2) is 0 Å². The van der Waals surface area contributed by atoms with Crippen LogP contribution >= 0.6 is 0 Å². The van der Waals surface area contributed by atoms with Gasteiger partial charge < -0.3 is 0 Å².